The zero-order valence-corrected chi connectivity index (χ0v) is 11.1. The van der Waals surface area contributed by atoms with Crippen LogP contribution in [-0.2, 0) is 4.79 Å². The van der Waals surface area contributed by atoms with Crippen LogP contribution in [-0.4, -0.2) is 28.1 Å². The Morgan fingerprint density at radius 2 is 2.11 bits per heavy atom. The van der Waals surface area contributed by atoms with Gasteiger partial charge in [-0.15, -0.1) is 0 Å². The highest BCUT2D eigenvalue weighted by Crippen LogP contribution is 2.23. The van der Waals surface area contributed by atoms with Crippen molar-refractivity contribution in [3.05, 3.63) is 23.4 Å². The number of aromatic nitrogens is 1. The second kappa shape index (κ2) is 5.05. The number of hydrogen-bond acceptors (Lipinski definition) is 4. The Morgan fingerprint density at radius 1 is 1.50 bits per heavy atom. The van der Waals surface area contributed by atoms with Crippen molar-refractivity contribution in [2.45, 2.75) is 33.2 Å². The van der Waals surface area contributed by atoms with Crippen LogP contribution in [0, 0.1) is 18.3 Å². The molecule has 0 aliphatic heterocycles. The number of aryl methyl sites for hydroxylation is 1. The van der Waals surface area contributed by atoms with E-state index in [1.165, 1.54) is 0 Å². The summed E-state index contributed by atoms with van der Waals surface area (Å²) >= 11 is 0. The van der Waals surface area contributed by atoms with Gasteiger partial charge in [0, 0.05) is 11.2 Å². The molecule has 0 fully saturated rings. The van der Waals surface area contributed by atoms with Crippen molar-refractivity contribution in [1.82, 2.24) is 4.98 Å². The highest BCUT2D eigenvalue weighted by molar-refractivity contribution is 5.73. The minimum Gasteiger partial charge on any atom is -0.480 e. The monoisotopic (exact) mass is 247 g/mol. The largest absolute Gasteiger partial charge is 0.480 e. The predicted octanol–water partition coefficient (Wildman–Crippen LogP) is 1.95. The first-order valence-corrected chi connectivity index (χ1v) is 5.62. The third kappa shape index (κ3) is 3.45. The number of carboxylic acid groups (broad SMARTS) is 1. The van der Waals surface area contributed by atoms with Gasteiger partial charge >= 0.3 is 5.97 Å². The van der Waals surface area contributed by atoms with Crippen molar-refractivity contribution < 1.29 is 9.90 Å². The Kier molecular flexibility index (Phi) is 3.92. The van der Waals surface area contributed by atoms with E-state index in [9.17, 15) is 4.79 Å². The summed E-state index contributed by atoms with van der Waals surface area (Å²) in [5, 5.41) is 17.9. The molecular weight excluding hydrogens is 230 g/mol. The first-order chi connectivity index (χ1) is 8.24. The molecule has 1 rings (SSSR count). The number of pyridine rings is 1. The topological polar surface area (TPSA) is 77.2 Å². The van der Waals surface area contributed by atoms with E-state index in [1.54, 1.807) is 24.0 Å². The van der Waals surface area contributed by atoms with Gasteiger partial charge in [0.15, 0.2) is 0 Å². The molecule has 5 heteroatoms. The highest BCUT2D eigenvalue weighted by Gasteiger charge is 2.25. The Balaban J connectivity index is 3.25. The fourth-order valence-corrected chi connectivity index (χ4v) is 1.65. The third-order valence-electron chi connectivity index (χ3n) is 2.45. The van der Waals surface area contributed by atoms with Crippen LogP contribution in [0.2, 0.25) is 0 Å². The van der Waals surface area contributed by atoms with Gasteiger partial charge in [-0.1, -0.05) is 0 Å². The normalized spacial score (nSPS) is 10.8. The molecule has 1 heterocycles. The van der Waals surface area contributed by atoms with Gasteiger partial charge in [-0.2, -0.15) is 5.26 Å². The first kappa shape index (κ1) is 14.0. The molecule has 0 atom stereocenters. The van der Waals surface area contributed by atoms with Crippen molar-refractivity contribution in [1.29, 1.82) is 5.26 Å². The van der Waals surface area contributed by atoms with Crippen LogP contribution >= 0.6 is 0 Å². The second-order valence-corrected chi connectivity index (χ2v) is 5.12. The van der Waals surface area contributed by atoms with Crippen LogP contribution in [0.25, 0.3) is 0 Å². The molecule has 0 radical (unpaired) electrons. The van der Waals surface area contributed by atoms with Gasteiger partial charge in [-0.3, -0.25) is 4.79 Å². The van der Waals surface area contributed by atoms with E-state index in [2.05, 4.69) is 11.1 Å². The van der Waals surface area contributed by atoms with Crippen molar-refractivity contribution in [2.75, 3.05) is 11.4 Å². The molecule has 0 amide bonds. The lowest BCUT2D eigenvalue weighted by atomic mass is 10.1. The summed E-state index contributed by atoms with van der Waals surface area (Å²) in [6, 6.07) is 5.34. The summed E-state index contributed by atoms with van der Waals surface area (Å²) in [6.07, 6.45) is 0. The summed E-state index contributed by atoms with van der Waals surface area (Å²) in [4.78, 5) is 16.9. The summed E-state index contributed by atoms with van der Waals surface area (Å²) < 4.78 is 0. The molecule has 0 saturated carbocycles. The molecule has 0 aliphatic rings. The molecule has 0 aromatic carbocycles. The van der Waals surface area contributed by atoms with Gasteiger partial charge in [-0.05, 0) is 39.8 Å². The maximum absolute atomic E-state index is 10.9. The van der Waals surface area contributed by atoms with E-state index in [1.807, 2.05) is 20.8 Å². The van der Waals surface area contributed by atoms with Gasteiger partial charge in [-0.25, -0.2) is 4.98 Å². The van der Waals surface area contributed by atoms with Gasteiger partial charge in [0.05, 0.1) is 11.6 Å². The van der Waals surface area contributed by atoms with E-state index < -0.39 is 5.97 Å². The molecule has 0 aliphatic carbocycles. The van der Waals surface area contributed by atoms with Gasteiger partial charge in [0.1, 0.15) is 12.4 Å². The van der Waals surface area contributed by atoms with Crippen LogP contribution in [0.4, 0.5) is 5.82 Å². The minimum atomic E-state index is -0.924. The smallest absolute Gasteiger partial charge is 0.323 e. The molecular formula is C13H17N3O2. The van der Waals surface area contributed by atoms with Crippen LogP contribution in [0.5, 0.6) is 0 Å². The molecule has 1 aromatic heterocycles. The van der Waals surface area contributed by atoms with E-state index >= 15 is 0 Å². The second-order valence-electron chi connectivity index (χ2n) is 5.12. The Hall–Kier alpha value is -2.09. The SMILES string of the molecule is Cc1cc(C#N)cc(N(CC(=O)O)C(C)(C)C)n1. The molecule has 5 nitrogen and oxygen atoms in total. The average Bonchev–Trinajstić information content (AvgIpc) is 2.23. The number of hydrogen-bond donors (Lipinski definition) is 1. The van der Waals surface area contributed by atoms with Crippen molar-refractivity contribution in [2.24, 2.45) is 0 Å². The third-order valence-corrected chi connectivity index (χ3v) is 2.45. The van der Waals surface area contributed by atoms with Gasteiger partial charge < -0.3 is 10.0 Å². The lowest BCUT2D eigenvalue weighted by Gasteiger charge is -2.35. The minimum absolute atomic E-state index is 0.148. The predicted molar refractivity (Wildman–Crippen MR) is 68.4 cm³/mol. The number of carbonyl (C=O) groups is 1. The Bertz CT molecular complexity index is 498. The van der Waals surface area contributed by atoms with Crippen LogP contribution in [0.15, 0.2) is 12.1 Å². The first-order valence-electron chi connectivity index (χ1n) is 5.62. The maximum Gasteiger partial charge on any atom is 0.323 e. The quantitative estimate of drug-likeness (QED) is 0.883. The Labute approximate surface area is 107 Å². The fourth-order valence-electron chi connectivity index (χ4n) is 1.65. The Morgan fingerprint density at radius 3 is 2.56 bits per heavy atom. The number of nitriles is 1. The lowest BCUT2D eigenvalue weighted by Crippen LogP contribution is -2.45. The number of aliphatic carboxylic acids is 1. The number of nitrogens with zero attached hydrogens (tertiary/aromatic N) is 3. The lowest BCUT2D eigenvalue weighted by molar-refractivity contribution is -0.135. The number of rotatable bonds is 3. The van der Waals surface area contributed by atoms with Crippen LogP contribution in [0.1, 0.15) is 32.0 Å². The molecule has 0 spiro atoms. The standard InChI is InChI=1S/C13H17N3O2/c1-9-5-10(7-14)6-11(15-9)16(8-12(17)18)13(2,3)4/h5-6H,8H2,1-4H3,(H,17,18). The number of anilines is 1. The molecule has 0 bridgehead atoms. The van der Waals surface area contributed by atoms with Gasteiger partial charge in [0.2, 0.25) is 0 Å². The molecule has 0 saturated heterocycles. The molecule has 18 heavy (non-hydrogen) atoms. The maximum atomic E-state index is 10.9. The highest BCUT2D eigenvalue weighted by atomic mass is 16.4. The zero-order valence-electron chi connectivity index (χ0n) is 11.1. The van der Waals surface area contributed by atoms with E-state index in [0.717, 1.165) is 0 Å². The van der Waals surface area contributed by atoms with E-state index in [-0.39, 0.29) is 12.1 Å². The van der Waals surface area contributed by atoms with Crippen molar-refractivity contribution >= 4 is 11.8 Å². The van der Waals surface area contributed by atoms with E-state index in [0.29, 0.717) is 17.1 Å². The molecule has 96 valence electrons. The fraction of sp³-hybridized carbons (Fsp3) is 0.462. The summed E-state index contributed by atoms with van der Waals surface area (Å²) in [7, 11) is 0. The van der Waals surface area contributed by atoms with Crippen molar-refractivity contribution in [3.8, 4) is 6.07 Å². The molecule has 1 aromatic rings. The van der Waals surface area contributed by atoms with E-state index in [4.69, 9.17) is 10.4 Å². The molecule has 1 N–H and O–H groups in total. The molecule has 0 unspecified atom stereocenters. The van der Waals surface area contributed by atoms with Crippen molar-refractivity contribution in [3.63, 3.8) is 0 Å². The van der Waals surface area contributed by atoms with Crippen LogP contribution < -0.4 is 4.90 Å². The summed E-state index contributed by atoms with van der Waals surface area (Å²) in [6.45, 7) is 7.36. The number of carboxylic acids is 1. The van der Waals surface area contributed by atoms with Crippen LogP contribution in [0.3, 0.4) is 0 Å². The zero-order chi connectivity index (χ0) is 13.9. The van der Waals surface area contributed by atoms with Gasteiger partial charge in [0.25, 0.3) is 0 Å². The summed E-state index contributed by atoms with van der Waals surface area (Å²) in [5.74, 6) is -0.409. The average molecular weight is 247 g/mol. The summed E-state index contributed by atoms with van der Waals surface area (Å²) in [5.41, 5.74) is 0.798.